The highest BCUT2D eigenvalue weighted by Gasteiger charge is 2.32. The molecule has 2 heterocycles. The van der Waals surface area contributed by atoms with Gasteiger partial charge in [-0.15, -0.1) is 0 Å². The molecule has 1 fully saturated rings. The first-order valence-electron chi connectivity index (χ1n) is 8.45. The first-order chi connectivity index (χ1) is 13.8. The second-order valence-corrected chi connectivity index (χ2v) is 6.01. The van der Waals surface area contributed by atoms with Gasteiger partial charge in [-0.1, -0.05) is 12.1 Å². The zero-order valence-corrected chi connectivity index (χ0v) is 15.3. The first kappa shape index (κ1) is 22.1. The Morgan fingerprint density at radius 1 is 1.14 bits per heavy atom. The van der Waals surface area contributed by atoms with Gasteiger partial charge >= 0.3 is 12.1 Å². The number of hydrogen-bond donors (Lipinski definition) is 1. The van der Waals surface area contributed by atoms with Gasteiger partial charge in [-0.3, -0.25) is 9.18 Å². The number of halogens is 4. The SMILES string of the molecule is CF.O=C(O)c1ccccc1C(=O)N1CC[C@@H](Oc2ccc(C(F)(F)F)cn2)C1. The minimum absolute atomic E-state index is 0.0354. The molecular formula is C19H18F4N2O4. The van der Waals surface area contributed by atoms with Crippen molar-refractivity contribution in [3.63, 3.8) is 0 Å². The number of carbonyl (C=O) groups excluding carboxylic acids is 1. The second-order valence-electron chi connectivity index (χ2n) is 6.01. The lowest BCUT2D eigenvalue weighted by molar-refractivity contribution is -0.137. The van der Waals surface area contributed by atoms with Crippen LogP contribution in [0.4, 0.5) is 17.6 Å². The number of likely N-dealkylation sites (tertiary alicyclic amines) is 1. The van der Waals surface area contributed by atoms with Gasteiger partial charge < -0.3 is 14.7 Å². The zero-order chi connectivity index (χ0) is 21.6. The van der Waals surface area contributed by atoms with E-state index in [1.54, 1.807) is 6.07 Å². The Kier molecular flexibility index (Phi) is 7.13. The predicted molar refractivity (Wildman–Crippen MR) is 94.6 cm³/mol. The van der Waals surface area contributed by atoms with E-state index in [1.165, 1.54) is 23.1 Å². The molecule has 6 nitrogen and oxygen atoms in total. The molecule has 0 bridgehead atoms. The minimum Gasteiger partial charge on any atom is -0.478 e. The lowest BCUT2D eigenvalue weighted by Crippen LogP contribution is -2.32. The van der Waals surface area contributed by atoms with Crippen LogP contribution >= 0.6 is 0 Å². The number of aromatic nitrogens is 1. The Hall–Kier alpha value is -3.17. The van der Waals surface area contributed by atoms with Crippen LogP contribution in [0.1, 0.15) is 32.7 Å². The molecule has 156 valence electrons. The maximum atomic E-state index is 12.6. The molecule has 2 aromatic rings. The molecule has 1 N–H and O–H groups in total. The highest BCUT2D eigenvalue weighted by molar-refractivity contribution is 6.04. The summed E-state index contributed by atoms with van der Waals surface area (Å²) in [6.45, 7) is 0.535. The molecule has 29 heavy (non-hydrogen) atoms. The van der Waals surface area contributed by atoms with Gasteiger partial charge in [0.05, 0.1) is 30.4 Å². The van der Waals surface area contributed by atoms with Crippen LogP contribution in [0.2, 0.25) is 0 Å². The molecule has 1 saturated heterocycles. The van der Waals surface area contributed by atoms with Crippen LogP contribution in [0.5, 0.6) is 5.88 Å². The molecule has 1 aromatic carbocycles. The van der Waals surface area contributed by atoms with Crippen molar-refractivity contribution in [1.29, 1.82) is 0 Å². The number of pyridine rings is 1. The second kappa shape index (κ2) is 9.35. The van der Waals surface area contributed by atoms with Crippen LogP contribution in [0, 0.1) is 0 Å². The number of amides is 1. The fourth-order valence-electron chi connectivity index (χ4n) is 2.82. The Balaban J connectivity index is 0.00000145. The van der Waals surface area contributed by atoms with Crippen molar-refractivity contribution in [2.24, 2.45) is 0 Å². The molecular weight excluding hydrogens is 396 g/mol. The van der Waals surface area contributed by atoms with Crippen LogP contribution < -0.4 is 4.74 Å². The zero-order valence-electron chi connectivity index (χ0n) is 15.3. The molecule has 0 spiro atoms. The number of hydrogen-bond acceptors (Lipinski definition) is 4. The van der Waals surface area contributed by atoms with Crippen molar-refractivity contribution in [3.05, 3.63) is 59.3 Å². The van der Waals surface area contributed by atoms with Gasteiger partial charge in [-0.2, -0.15) is 13.2 Å². The summed E-state index contributed by atoms with van der Waals surface area (Å²) in [5, 5.41) is 9.20. The third-order valence-corrected chi connectivity index (χ3v) is 4.17. The maximum Gasteiger partial charge on any atom is 0.417 e. The van der Waals surface area contributed by atoms with Gasteiger partial charge in [0.2, 0.25) is 5.88 Å². The highest BCUT2D eigenvalue weighted by atomic mass is 19.4. The summed E-state index contributed by atoms with van der Waals surface area (Å²) in [6.07, 6.45) is -3.75. The summed E-state index contributed by atoms with van der Waals surface area (Å²) in [4.78, 5) is 29.0. The first-order valence-corrected chi connectivity index (χ1v) is 8.45. The average Bonchev–Trinajstić information content (AvgIpc) is 3.17. The molecule has 3 rings (SSSR count). The normalized spacial score (nSPS) is 16.0. The molecule has 1 aromatic heterocycles. The highest BCUT2D eigenvalue weighted by Crippen LogP contribution is 2.29. The van der Waals surface area contributed by atoms with Crippen LogP contribution in [-0.4, -0.2) is 53.2 Å². The van der Waals surface area contributed by atoms with E-state index in [2.05, 4.69) is 4.98 Å². The maximum absolute atomic E-state index is 12.6. The summed E-state index contributed by atoms with van der Waals surface area (Å²) < 4.78 is 52.7. The van der Waals surface area contributed by atoms with E-state index in [9.17, 15) is 32.3 Å². The van der Waals surface area contributed by atoms with Gasteiger partial charge in [-0.25, -0.2) is 9.78 Å². The van der Waals surface area contributed by atoms with Crippen LogP contribution in [-0.2, 0) is 6.18 Å². The monoisotopic (exact) mass is 414 g/mol. The lowest BCUT2D eigenvalue weighted by atomic mass is 10.1. The topological polar surface area (TPSA) is 79.7 Å². The van der Waals surface area contributed by atoms with E-state index < -0.39 is 29.7 Å². The fraction of sp³-hybridized carbons (Fsp3) is 0.316. The summed E-state index contributed by atoms with van der Waals surface area (Å²) in [5.74, 6) is -1.59. The van der Waals surface area contributed by atoms with Crippen LogP contribution in [0.15, 0.2) is 42.6 Å². The molecule has 0 unspecified atom stereocenters. The van der Waals surface area contributed by atoms with Gasteiger partial charge in [0.1, 0.15) is 6.10 Å². The van der Waals surface area contributed by atoms with E-state index in [0.29, 0.717) is 26.3 Å². The van der Waals surface area contributed by atoms with Crippen LogP contribution in [0.3, 0.4) is 0 Å². The Morgan fingerprint density at radius 3 is 2.34 bits per heavy atom. The van der Waals surface area contributed by atoms with E-state index in [0.717, 1.165) is 12.1 Å². The molecule has 1 aliphatic rings. The minimum atomic E-state index is -4.47. The molecule has 1 aliphatic heterocycles. The summed E-state index contributed by atoms with van der Waals surface area (Å²) in [6, 6.07) is 7.92. The quantitative estimate of drug-likeness (QED) is 0.773. The predicted octanol–water partition coefficient (Wildman–Crippen LogP) is 3.68. The lowest BCUT2D eigenvalue weighted by Gasteiger charge is -2.18. The third-order valence-electron chi connectivity index (χ3n) is 4.17. The van der Waals surface area contributed by atoms with E-state index in [4.69, 9.17) is 4.74 Å². The molecule has 10 heteroatoms. The number of benzene rings is 1. The standard InChI is InChI=1S/C18H15F3N2O4.CH3F/c19-18(20,21)11-5-6-15(22-9-11)27-12-7-8-23(10-12)16(24)13-3-1-2-4-14(13)17(25)26;1-2/h1-6,9,12H,7-8,10H2,(H,25,26);1H3/t12-;/m1./s1. The molecule has 0 radical (unpaired) electrons. The smallest absolute Gasteiger partial charge is 0.417 e. The van der Waals surface area contributed by atoms with Crippen molar-refractivity contribution >= 4 is 11.9 Å². The number of carbonyl (C=O) groups is 2. The van der Waals surface area contributed by atoms with Gasteiger partial charge in [-0.05, 0) is 18.2 Å². The summed E-state index contributed by atoms with van der Waals surface area (Å²) >= 11 is 0. The molecule has 0 saturated carbocycles. The number of ether oxygens (including phenoxy) is 1. The average molecular weight is 414 g/mol. The number of aromatic carboxylic acids is 1. The van der Waals surface area contributed by atoms with Crippen LogP contribution in [0.25, 0.3) is 0 Å². The molecule has 1 atom stereocenters. The Bertz CT molecular complexity index is 856. The fourth-order valence-corrected chi connectivity index (χ4v) is 2.82. The van der Waals surface area contributed by atoms with E-state index >= 15 is 0 Å². The Labute approximate surface area is 163 Å². The number of carboxylic acid groups (broad SMARTS) is 1. The van der Waals surface area contributed by atoms with Crippen molar-refractivity contribution in [1.82, 2.24) is 9.88 Å². The molecule has 1 amide bonds. The largest absolute Gasteiger partial charge is 0.478 e. The van der Waals surface area contributed by atoms with Gasteiger partial charge in [0.25, 0.3) is 5.91 Å². The number of rotatable bonds is 4. The van der Waals surface area contributed by atoms with Crippen molar-refractivity contribution in [2.75, 3.05) is 20.3 Å². The van der Waals surface area contributed by atoms with E-state index in [-0.39, 0.29) is 23.6 Å². The summed E-state index contributed by atoms with van der Waals surface area (Å²) in [5.41, 5.74) is -0.877. The van der Waals surface area contributed by atoms with Crippen molar-refractivity contribution < 1.29 is 37.0 Å². The Morgan fingerprint density at radius 2 is 1.79 bits per heavy atom. The van der Waals surface area contributed by atoms with E-state index in [1.807, 2.05) is 0 Å². The third kappa shape index (κ3) is 5.43. The van der Waals surface area contributed by atoms with Crippen molar-refractivity contribution in [2.45, 2.75) is 18.7 Å². The number of carboxylic acids is 1. The summed E-state index contributed by atoms with van der Waals surface area (Å²) in [7, 11) is 0.500. The van der Waals surface area contributed by atoms with Crippen molar-refractivity contribution in [3.8, 4) is 5.88 Å². The number of alkyl halides is 4. The number of nitrogens with zero attached hydrogens (tertiary/aromatic N) is 2. The molecule has 0 aliphatic carbocycles. The van der Waals surface area contributed by atoms with Gasteiger partial charge in [0.15, 0.2) is 0 Å². The van der Waals surface area contributed by atoms with Gasteiger partial charge in [0, 0.05) is 25.2 Å².